The van der Waals surface area contributed by atoms with E-state index in [0.29, 0.717) is 12.4 Å². The summed E-state index contributed by atoms with van der Waals surface area (Å²) in [5, 5.41) is 8.84. The Morgan fingerprint density at radius 1 is 0.889 bits per heavy atom. The van der Waals surface area contributed by atoms with E-state index < -0.39 is 0 Å². The fourth-order valence-corrected chi connectivity index (χ4v) is 6.72. The standard InChI is InChI=1S/C38H40N6O/c1-43-20-22-44(23-21-43)19-7-18-39-38-40-26-30-24-35(33-12-4-5-13-34(33)37(30)42-38)28-14-16-31(17-15-28)41-36(45)25-29-10-6-9-27-8-2-3-11-32(27)29/h2-6,8-17,26,35H,7,18-25H2,1H3,(H,41,45)(H,39,40,42). The molecule has 1 saturated heterocycles. The number of rotatable bonds is 9. The maximum Gasteiger partial charge on any atom is 0.228 e. The van der Waals surface area contributed by atoms with Gasteiger partial charge in [0.05, 0.1) is 12.1 Å². The highest BCUT2D eigenvalue weighted by Gasteiger charge is 2.27. The fourth-order valence-electron chi connectivity index (χ4n) is 6.72. The van der Waals surface area contributed by atoms with Gasteiger partial charge < -0.3 is 20.4 Å². The third-order valence-corrected chi connectivity index (χ3v) is 9.24. The van der Waals surface area contributed by atoms with Crippen molar-refractivity contribution in [1.29, 1.82) is 0 Å². The predicted octanol–water partition coefficient (Wildman–Crippen LogP) is 6.22. The lowest BCUT2D eigenvalue weighted by molar-refractivity contribution is -0.115. The zero-order chi connectivity index (χ0) is 30.6. The molecule has 228 valence electrons. The quantitative estimate of drug-likeness (QED) is 0.197. The zero-order valence-corrected chi connectivity index (χ0v) is 25.9. The number of fused-ring (bicyclic) bond motifs is 4. The van der Waals surface area contributed by atoms with Gasteiger partial charge in [0, 0.05) is 56.1 Å². The Morgan fingerprint density at radius 3 is 2.53 bits per heavy atom. The number of carbonyl (C=O) groups excluding carboxylic acids is 1. The van der Waals surface area contributed by atoms with Crippen molar-refractivity contribution in [3.8, 4) is 11.3 Å². The Labute approximate surface area is 265 Å². The number of benzene rings is 4. The van der Waals surface area contributed by atoms with Crippen molar-refractivity contribution in [3.63, 3.8) is 0 Å². The minimum atomic E-state index is -0.0167. The van der Waals surface area contributed by atoms with Crippen molar-refractivity contribution in [3.05, 3.63) is 119 Å². The summed E-state index contributed by atoms with van der Waals surface area (Å²) in [6.45, 7) is 6.55. The van der Waals surface area contributed by atoms with E-state index in [0.717, 1.165) is 85.4 Å². The Kier molecular flexibility index (Phi) is 8.54. The SMILES string of the molecule is CN1CCN(CCCNc2ncc3c(n2)-c2ccccc2C(c2ccc(NC(=O)Cc4cccc5ccccc45)cc2)C3)CC1. The van der Waals surface area contributed by atoms with Gasteiger partial charge in [-0.1, -0.05) is 78.9 Å². The Balaban J connectivity index is 1.00. The van der Waals surface area contributed by atoms with Crippen LogP contribution in [0.1, 0.15) is 34.6 Å². The number of hydrogen-bond donors (Lipinski definition) is 2. The highest BCUT2D eigenvalue weighted by Crippen LogP contribution is 2.42. The Hall–Kier alpha value is -4.59. The summed E-state index contributed by atoms with van der Waals surface area (Å²) < 4.78 is 0. The number of likely N-dealkylation sites (N-methyl/N-ethyl adjacent to an activating group) is 1. The van der Waals surface area contributed by atoms with Gasteiger partial charge in [-0.2, -0.15) is 0 Å². The van der Waals surface area contributed by atoms with Crippen molar-refractivity contribution in [2.45, 2.75) is 25.2 Å². The van der Waals surface area contributed by atoms with Crippen LogP contribution in [0.2, 0.25) is 0 Å². The molecule has 4 aromatic carbocycles. The summed E-state index contributed by atoms with van der Waals surface area (Å²) in [5.74, 6) is 0.876. The van der Waals surface area contributed by atoms with Gasteiger partial charge in [-0.05, 0) is 71.6 Å². The van der Waals surface area contributed by atoms with E-state index in [9.17, 15) is 4.79 Å². The van der Waals surface area contributed by atoms with Crippen molar-refractivity contribution >= 4 is 28.3 Å². The molecule has 1 amide bonds. The molecule has 0 spiro atoms. The molecule has 7 rings (SSSR count). The Bertz CT molecular complexity index is 1790. The molecule has 1 fully saturated rings. The normalized spacial score (nSPS) is 16.6. The minimum Gasteiger partial charge on any atom is -0.354 e. The van der Waals surface area contributed by atoms with Crippen LogP contribution in [0.5, 0.6) is 0 Å². The second-order valence-corrected chi connectivity index (χ2v) is 12.3. The van der Waals surface area contributed by atoms with Crippen LogP contribution in [-0.2, 0) is 17.6 Å². The van der Waals surface area contributed by atoms with E-state index in [4.69, 9.17) is 9.97 Å². The van der Waals surface area contributed by atoms with Crippen molar-refractivity contribution in [1.82, 2.24) is 19.8 Å². The smallest absolute Gasteiger partial charge is 0.228 e. The van der Waals surface area contributed by atoms with Gasteiger partial charge in [-0.15, -0.1) is 0 Å². The summed E-state index contributed by atoms with van der Waals surface area (Å²) in [5.41, 5.74) is 7.68. The second kappa shape index (κ2) is 13.2. The third kappa shape index (κ3) is 6.60. The van der Waals surface area contributed by atoms with Crippen LogP contribution in [0.3, 0.4) is 0 Å². The summed E-state index contributed by atoms with van der Waals surface area (Å²) in [7, 11) is 2.19. The second-order valence-electron chi connectivity index (χ2n) is 12.3. The van der Waals surface area contributed by atoms with Crippen LogP contribution >= 0.6 is 0 Å². The maximum atomic E-state index is 13.0. The molecular formula is C38H40N6O. The highest BCUT2D eigenvalue weighted by molar-refractivity contribution is 5.96. The number of amides is 1. The molecule has 1 aliphatic heterocycles. The molecule has 1 aromatic heterocycles. The van der Waals surface area contributed by atoms with Gasteiger partial charge in [0.1, 0.15) is 0 Å². The van der Waals surface area contributed by atoms with Gasteiger partial charge in [0.2, 0.25) is 11.9 Å². The molecule has 2 aliphatic rings. The molecule has 2 heterocycles. The largest absolute Gasteiger partial charge is 0.354 e. The molecule has 7 heteroatoms. The number of piperazine rings is 1. The van der Waals surface area contributed by atoms with E-state index >= 15 is 0 Å². The lowest BCUT2D eigenvalue weighted by Gasteiger charge is -2.32. The lowest BCUT2D eigenvalue weighted by atomic mass is 9.78. The molecule has 2 N–H and O–H groups in total. The van der Waals surface area contributed by atoms with Gasteiger partial charge >= 0.3 is 0 Å². The van der Waals surface area contributed by atoms with E-state index in [1.165, 1.54) is 16.7 Å². The first-order chi connectivity index (χ1) is 22.1. The average Bonchev–Trinajstić information content (AvgIpc) is 3.08. The first kappa shape index (κ1) is 29.1. The summed E-state index contributed by atoms with van der Waals surface area (Å²) in [6, 6.07) is 31.2. The van der Waals surface area contributed by atoms with Crippen LogP contribution < -0.4 is 10.6 Å². The van der Waals surface area contributed by atoms with Crippen molar-refractivity contribution in [2.24, 2.45) is 0 Å². The van der Waals surface area contributed by atoms with Gasteiger partial charge in [-0.3, -0.25) is 4.79 Å². The van der Waals surface area contributed by atoms with E-state index in [1.807, 2.05) is 42.6 Å². The van der Waals surface area contributed by atoms with E-state index in [-0.39, 0.29) is 11.8 Å². The van der Waals surface area contributed by atoms with Gasteiger partial charge in [-0.25, -0.2) is 9.97 Å². The Morgan fingerprint density at radius 2 is 1.67 bits per heavy atom. The minimum absolute atomic E-state index is 0.0167. The van der Waals surface area contributed by atoms with E-state index in [2.05, 4.69) is 82.1 Å². The van der Waals surface area contributed by atoms with Crippen LogP contribution in [0.15, 0.2) is 97.2 Å². The molecule has 7 nitrogen and oxygen atoms in total. The number of nitrogens with one attached hydrogen (secondary N) is 2. The number of anilines is 2. The molecule has 5 aromatic rings. The van der Waals surface area contributed by atoms with Crippen LogP contribution in [-0.4, -0.2) is 72.0 Å². The van der Waals surface area contributed by atoms with Crippen LogP contribution in [0.4, 0.5) is 11.6 Å². The molecule has 0 saturated carbocycles. The number of hydrogen-bond acceptors (Lipinski definition) is 6. The molecule has 1 unspecified atom stereocenters. The monoisotopic (exact) mass is 596 g/mol. The lowest BCUT2D eigenvalue weighted by Crippen LogP contribution is -2.44. The number of carbonyl (C=O) groups is 1. The average molecular weight is 597 g/mol. The number of aromatic nitrogens is 2. The van der Waals surface area contributed by atoms with Crippen molar-refractivity contribution in [2.75, 3.05) is 56.9 Å². The summed E-state index contributed by atoms with van der Waals surface area (Å²) in [4.78, 5) is 27.6. The molecule has 45 heavy (non-hydrogen) atoms. The van der Waals surface area contributed by atoms with Crippen LogP contribution in [0, 0.1) is 0 Å². The van der Waals surface area contributed by atoms with Crippen molar-refractivity contribution < 1.29 is 4.79 Å². The third-order valence-electron chi connectivity index (χ3n) is 9.24. The first-order valence-electron chi connectivity index (χ1n) is 16.1. The topological polar surface area (TPSA) is 73.4 Å². The number of nitrogens with zero attached hydrogens (tertiary/aromatic N) is 4. The first-order valence-corrected chi connectivity index (χ1v) is 16.1. The molecule has 0 radical (unpaired) electrons. The van der Waals surface area contributed by atoms with Gasteiger partial charge in [0.15, 0.2) is 0 Å². The summed E-state index contributed by atoms with van der Waals surface area (Å²) >= 11 is 0. The summed E-state index contributed by atoms with van der Waals surface area (Å²) in [6.07, 6.45) is 4.24. The molecule has 1 atom stereocenters. The zero-order valence-electron chi connectivity index (χ0n) is 25.9. The molecule has 1 aliphatic carbocycles. The fraction of sp³-hybridized carbons (Fsp3) is 0.289. The van der Waals surface area contributed by atoms with Crippen LogP contribution in [0.25, 0.3) is 22.0 Å². The molecular weight excluding hydrogens is 556 g/mol. The highest BCUT2D eigenvalue weighted by atomic mass is 16.1. The van der Waals surface area contributed by atoms with Gasteiger partial charge in [0.25, 0.3) is 0 Å². The maximum absolute atomic E-state index is 13.0. The van der Waals surface area contributed by atoms with E-state index in [1.54, 1.807) is 0 Å². The molecule has 0 bridgehead atoms. The predicted molar refractivity (Wildman–Crippen MR) is 183 cm³/mol.